The van der Waals surface area contributed by atoms with Gasteiger partial charge in [0, 0.05) is 6.42 Å². The van der Waals surface area contributed by atoms with Crippen molar-refractivity contribution < 1.29 is 17.9 Å². The van der Waals surface area contributed by atoms with Crippen molar-refractivity contribution in [2.75, 3.05) is 19.8 Å². The number of hydrogen-bond acceptors (Lipinski definition) is 5. The second kappa shape index (κ2) is 8.92. The summed E-state index contributed by atoms with van der Waals surface area (Å²) in [6.07, 6.45) is -0.215. The van der Waals surface area contributed by atoms with Gasteiger partial charge in [0.1, 0.15) is 6.61 Å². The van der Waals surface area contributed by atoms with Crippen LogP contribution in [0, 0.1) is 0 Å². The van der Waals surface area contributed by atoms with Gasteiger partial charge in [-0.3, -0.25) is 0 Å². The van der Waals surface area contributed by atoms with Crippen LogP contribution < -0.4 is 5.32 Å². The molecule has 0 amide bonds. The summed E-state index contributed by atoms with van der Waals surface area (Å²) < 4.78 is 34.0. The molecule has 0 bridgehead atoms. The Bertz CT molecular complexity index is 347. The van der Waals surface area contributed by atoms with Crippen molar-refractivity contribution in [3.8, 4) is 0 Å². The number of nitrogens with zero attached hydrogens (tertiary/aromatic N) is 2. The maximum absolute atomic E-state index is 11.9. The Balaban J connectivity index is 2.37. The Hall–Kier alpha value is -1.08. The fraction of sp³-hybridized carbons (Fsp3) is 0.833. The van der Waals surface area contributed by atoms with E-state index in [1.807, 2.05) is 6.92 Å². The molecular weight excluding hydrogens is 256 g/mol. The van der Waals surface area contributed by atoms with Gasteiger partial charge in [0.15, 0.2) is 0 Å². The first-order valence-corrected chi connectivity index (χ1v) is 6.58. The van der Waals surface area contributed by atoms with E-state index in [4.69, 9.17) is 9.15 Å². The Morgan fingerprint density at radius 2 is 2.11 bits per heavy atom. The Morgan fingerprint density at radius 3 is 2.74 bits per heavy atom. The van der Waals surface area contributed by atoms with E-state index < -0.39 is 13.0 Å². The van der Waals surface area contributed by atoms with E-state index in [0.717, 1.165) is 19.4 Å². The first-order valence-electron chi connectivity index (χ1n) is 6.58. The van der Waals surface area contributed by atoms with Gasteiger partial charge in [0.2, 0.25) is 11.8 Å². The molecule has 0 aliphatic carbocycles. The van der Waals surface area contributed by atoms with Crippen LogP contribution in [0.3, 0.4) is 0 Å². The maximum atomic E-state index is 11.9. The normalized spacial score (nSPS) is 13.1. The van der Waals surface area contributed by atoms with Crippen molar-refractivity contribution >= 4 is 0 Å². The Morgan fingerprint density at radius 1 is 1.32 bits per heavy atom. The van der Waals surface area contributed by atoms with Gasteiger partial charge in [-0.15, -0.1) is 10.2 Å². The molecule has 1 heterocycles. The SMILES string of the molecule is CCCNC(CC)c1nnc(CCOCC(F)F)o1. The van der Waals surface area contributed by atoms with Crippen molar-refractivity contribution in [2.24, 2.45) is 0 Å². The van der Waals surface area contributed by atoms with Crippen LogP contribution in [-0.2, 0) is 11.2 Å². The molecule has 1 unspecified atom stereocenters. The molecule has 0 radical (unpaired) electrons. The number of rotatable bonds is 10. The molecule has 0 aliphatic heterocycles. The van der Waals surface area contributed by atoms with Gasteiger partial charge in [0.25, 0.3) is 6.43 Å². The largest absolute Gasteiger partial charge is 0.423 e. The molecule has 110 valence electrons. The summed E-state index contributed by atoms with van der Waals surface area (Å²) in [5, 5.41) is 11.2. The van der Waals surface area contributed by atoms with Crippen molar-refractivity contribution in [2.45, 2.75) is 45.6 Å². The molecule has 0 saturated heterocycles. The van der Waals surface area contributed by atoms with Gasteiger partial charge in [-0.05, 0) is 19.4 Å². The number of aromatic nitrogens is 2. The van der Waals surface area contributed by atoms with Crippen molar-refractivity contribution in [1.29, 1.82) is 0 Å². The number of nitrogens with one attached hydrogen (secondary N) is 1. The summed E-state index contributed by atoms with van der Waals surface area (Å²) in [7, 11) is 0. The van der Waals surface area contributed by atoms with Gasteiger partial charge in [0.05, 0.1) is 12.6 Å². The number of ether oxygens (including phenoxy) is 1. The molecule has 19 heavy (non-hydrogen) atoms. The molecule has 1 aromatic rings. The number of alkyl halides is 2. The van der Waals surface area contributed by atoms with E-state index >= 15 is 0 Å². The first kappa shape index (κ1) is 16.0. The summed E-state index contributed by atoms with van der Waals surface area (Å²) in [5.74, 6) is 0.959. The zero-order chi connectivity index (χ0) is 14.1. The van der Waals surface area contributed by atoms with Gasteiger partial charge in [-0.25, -0.2) is 8.78 Å². The minimum absolute atomic E-state index is 0.0446. The predicted octanol–water partition coefficient (Wildman–Crippen LogP) is 2.34. The van der Waals surface area contributed by atoms with Gasteiger partial charge in [-0.2, -0.15) is 0 Å². The Kier molecular flexibility index (Phi) is 7.50. The predicted molar refractivity (Wildman–Crippen MR) is 66.2 cm³/mol. The Labute approximate surface area is 111 Å². The topological polar surface area (TPSA) is 60.2 Å². The zero-order valence-corrected chi connectivity index (χ0v) is 11.4. The minimum atomic E-state index is -2.44. The van der Waals surface area contributed by atoms with Crippen LogP contribution in [-0.4, -0.2) is 36.4 Å². The standard InChI is InChI=1S/C12H21F2N3O2/c1-3-6-15-9(4-2)12-17-16-11(19-12)5-7-18-8-10(13)14/h9-10,15H,3-8H2,1-2H3. The minimum Gasteiger partial charge on any atom is -0.423 e. The molecule has 0 aromatic carbocycles. The van der Waals surface area contributed by atoms with Crippen molar-refractivity contribution in [3.63, 3.8) is 0 Å². The molecule has 1 N–H and O–H groups in total. The fourth-order valence-corrected chi connectivity index (χ4v) is 1.57. The lowest BCUT2D eigenvalue weighted by molar-refractivity contribution is 0.0173. The second-order valence-electron chi connectivity index (χ2n) is 4.16. The summed E-state index contributed by atoms with van der Waals surface area (Å²) in [4.78, 5) is 0. The average Bonchev–Trinajstić information content (AvgIpc) is 2.84. The molecule has 5 nitrogen and oxygen atoms in total. The highest BCUT2D eigenvalue weighted by Gasteiger charge is 2.16. The molecule has 1 atom stereocenters. The number of hydrogen-bond donors (Lipinski definition) is 1. The molecule has 1 aromatic heterocycles. The lowest BCUT2D eigenvalue weighted by Crippen LogP contribution is -2.21. The average molecular weight is 277 g/mol. The highest BCUT2D eigenvalue weighted by molar-refractivity contribution is 4.89. The molecular formula is C12H21F2N3O2. The summed E-state index contributed by atoms with van der Waals surface area (Å²) in [6, 6.07) is 0.0446. The smallest absolute Gasteiger partial charge is 0.261 e. The van der Waals surface area contributed by atoms with Crippen LogP contribution >= 0.6 is 0 Å². The lowest BCUT2D eigenvalue weighted by atomic mass is 10.2. The van der Waals surface area contributed by atoms with Crippen LogP contribution in [0.4, 0.5) is 8.78 Å². The first-order chi connectivity index (χ1) is 9.17. The monoisotopic (exact) mass is 277 g/mol. The van der Waals surface area contributed by atoms with Crippen LogP contribution in [0.25, 0.3) is 0 Å². The molecule has 0 aliphatic rings. The van der Waals surface area contributed by atoms with Gasteiger partial charge < -0.3 is 14.5 Å². The quantitative estimate of drug-likeness (QED) is 0.665. The lowest BCUT2D eigenvalue weighted by Gasteiger charge is -2.11. The van der Waals surface area contributed by atoms with Crippen molar-refractivity contribution in [1.82, 2.24) is 15.5 Å². The maximum Gasteiger partial charge on any atom is 0.261 e. The molecule has 0 fully saturated rings. The van der Waals surface area contributed by atoms with Crippen LogP contribution in [0.5, 0.6) is 0 Å². The third kappa shape index (κ3) is 6.07. The van der Waals surface area contributed by atoms with E-state index in [9.17, 15) is 8.78 Å². The van der Waals surface area contributed by atoms with Crippen LogP contribution in [0.15, 0.2) is 4.42 Å². The van der Waals surface area contributed by atoms with Crippen LogP contribution in [0.2, 0.25) is 0 Å². The van der Waals surface area contributed by atoms with E-state index in [0.29, 0.717) is 18.2 Å². The second-order valence-corrected chi connectivity index (χ2v) is 4.16. The van der Waals surface area contributed by atoms with Gasteiger partial charge in [-0.1, -0.05) is 13.8 Å². The van der Waals surface area contributed by atoms with E-state index in [1.165, 1.54) is 0 Å². The van der Waals surface area contributed by atoms with Gasteiger partial charge >= 0.3 is 0 Å². The van der Waals surface area contributed by atoms with E-state index in [2.05, 4.69) is 22.4 Å². The van der Waals surface area contributed by atoms with Crippen molar-refractivity contribution in [3.05, 3.63) is 11.8 Å². The highest BCUT2D eigenvalue weighted by Crippen LogP contribution is 2.15. The molecule has 0 saturated carbocycles. The fourth-order valence-electron chi connectivity index (χ4n) is 1.57. The number of halogens is 2. The van der Waals surface area contributed by atoms with E-state index in [1.54, 1.807) is 0 Å². The van der Waals surface area contributed by atoms with E-state index in [-0.39, 0.29) is 12.6 Å². The zero-order valence-electron chi connectivity index (χ0n) is 11.4. The summed E-state index contributed by atoms with van der Waals surface area (Å²) in [5.41, 5.74) is 0. The highest BCUT2D eigenvalue weighted by atomic mass is 19.3. The molecule has 0 spiro atoms. The van der Waals surface area contributed by atoms with Crippen LogP contribution in [0.1, 0.15) is 44.5 Å². The summed E-state index contributed by atoms with van der Waals surface area (Å²) >= 11 is 0. The third-order valence-electron chi connectivity index (χ3n) is 2.53. The molecule has 7 heteroatoms. The molecule has 1 rings (SSSR count). The third-order valence-corrected chi connectivity index (χ3v) is 2.53. The summed E-state index contributed by atoms with van der Waals surface area (Å²) in [6.45, 7) is 4.60.